The molecule has 1 saturated heterocycles. The van der Waals surface area contributed by atoms with Crippen LogP contribution in [0.3, 0.4) is 0 Å². The van der Waals surface area contributed by atoms with Crippen molar-refractivity contribution in [2.24, 2.45) is 0 Å². The average Bonchev–Trinajstić information content (AvgIpc) is 2.80. The monoisotopic (exact) mass is 322 g/mol. The molecule has 6 heteroatoms. The van der Waals surface area contributed by atoms with Crippen molar-refractivity contribution in [3.8, 4) is 0 Å². The van der Waals surface area contributed by atoms with Crippen LogP contribution < -0.4 is 5.32 Å². The summed E-state index contributed by atoms with van der Waals surface area (Å²) in [5.41, 5.74) is 0.363. The number of carbonyl (C=O) groups excluding carboxylic acids is 1. The Morgan fingerprint density at radius 3 is 2.30 bits per heavy atom. The van der Waals surface area contributed by atoms with E-state index in [2.05, 4.69) is 10.2 Å². The molecule has 1 aliphatic heterocycles. The standard InChI is InChI=1S/C17H23FN2O3/c18-14-7-5-13(6-8-14)16(17(22)23)19-15(21)9-12-20-10-3-1-2-4-11-20/h5-8,16H,1-4,9-12H2,(H,19,21)(H,22,23). The number of nitrogens with zero attached hydrogens (tertiary/aromatic N) is 1. The number of amides is 1. The molecule has 0 saturated carbocycles. The first-order valence-electron chi connectivity index (χ1n) is 8.06. The number of carbonyl (C=O) groups is 2. The second kappa shape index (κ2) is 8.62. The zero-order valence-corrected chi connectivity index (χ0v) is 13.1. The van der Waals surface area contributed by atoms with Gasteiger partial charge in [0.05, 0.1) is 0 Å². The minimum atomic E-state index is -1.15. The molecule has 5 nitrogen and oxygen atoms in total. The lowest BCUT2D eigenvalue weighted by molar-refractivity contribution is -0.142. The van der Waals surface area contributed by atoms with E-state index in [1.807, 2.05) is 0 Å². The van der Waals surface area contributed by atoms with E-state index >= 15 is 0 Å². The molecule has 126 valence electrons. The van der Waals surface area contributed by atoms with Gasteiger partial charge in [0.2, 0.25) is 5.91 Å². The Labute approximate surface area is 135 Å². The third-order valence-corrected chi connectivity index (χ3v) is 4.11. The Balaban J connectivity index is 1.87. The first-order chi connectivity index (χ1) is 11.1. The summed E-state index contributed by atoms with van der Waals surface area (Å²) >= 11 is 0. The maximum Gasteiger partial charge on any atom is 0.330 e. The SMILES string of the molecule is O=C(CCN1CCCCCC1)NC(C(=O)O)c1ccc(F)cc1. The van der Waals surface area contributed by atoms with Crippen molar-refractivity contribution in [3.63, 3.8) is 0 Å². The second-order valence-electron chi connectivity index (χ2n) is 5.90. The quantitative estimate of drug-likeness (QED) is 0.843. The number of benzene rings is 1. The highest BCUT2D eigenvalue weighted by Crippen LogP contribution is 2.15. The Morgan fingerprint density at radius 2 is 1.74 bits per heavy atom. The summed E-state index contributed by atoms with van der Waals surface area (Å²) < 4.78 is 12.9. The molecule has 1 fully saturated rings. The number of halogens is 1. The Morgan fingerprint density at radius 1 is 1.13 bits per heavy atom. The molecule has 0 aromatic heterocycles. The van der Waals surface area contributed by atoms with E-state index in [1.54, 1.807) is 0 Å². The van der Waals surface area contributed by atoms with E-state index in [1.165, 1.54) is 37.1 Å². The molecule has 1 atom stereocenters. The molecule has 1 heterocycles. The highest BCUT2D eigenvalue weighted by atomic mass is 19.1. The van der Waals surface area contributed by atoms with E-state index in [9.17, 15) is 19.1 Å². The van der Waals surface area contributed by atoms with Crippen molar-refractivity contribution in [2.75, 3.05) is 19.6 Å². The van der Waals surface area contributed by atoms with E-state index in [-0.39, 0.29) is 12.3 Å². The van der Waals surface area contributed by atoms with Crippen molar-refractivity contribution in [3.05, 3.63) is 35.6 Å². The third-order valence-electron chi connectivity index (χ3n) is 4.11. The topological polar surface area (TPSA) is 69.6 Å². The van der Waals surface area contributed by atoms with Gasteiger partial charge in [-0.1, -0.05) is 25.0 Å². The predicted octanol–water partition coefficient (Wildman–Crippen LogP) is 2.33. The van der Waals surface area contributed by atoms with Crippen LogP contribution in [0.2, 0.25) is 0 Å². The maximum absolute atomic E-state index is 12.9. The highest BCUT2D eigenvalue weighted by molar-refractivity contribution is 5.84. The van der Waals surface area contributed by atoms with E-state index in [0.717, 1.165) is 25.9 Å². The van der Waals surface area contributed by atoms with Gasteiger partial charge in [0, 0.05) is 13.0 Å². The third kappa shape index (κ3) is 5.63. The first kappa shape index (κ1) is 17.4. The van der Waals surface area contributed by atoms with Gasteiger partial charge in [0.15, 0.2) is 6.04 Å². The van der Waals surface area contributed by atoms with Gasteiger partial charge in [-0.15, -0.1) is 0 Å². The van der Waals surface area contributed by atoms with Gasteiger partial charge in [-0.25, -0.2) is 9.18 Å². The molecular weight excluding hydrogens is 299 g/mol. The van der Waals surface area contributed by atoms with Crippen LogP contribution in [0.5, 0.6) is 0 Å². The Bertz CT molecular complexity index is 525. The molecule has 1 aliphatic rings. The number of nitrogens with one attached hydrogen (secondary N) is 1. The number of hydrogen-bond donors (Lipinski definition) is 2. The molecule has 1 amide bonds. The van der Waals surface area contributed by atoms with Gasteiger partial charge in [-0.3, -0.25) is 4.79 Å². The normalized spacial score (nSPS) is 17.3. The minimum absolute atomic E-state index is 0.269. The fourth-order valence-electron chi connectivity index (χ4n) is 2.80. The summed E-state index contributed by atoms with van der Waals surface area (Å²) in [4.78, 5) is 25.7. The summed E-state index contributed by atoms with van der Waals surface area (Å²) in [6, 6.07) is 3.99. The first-order valence-corrected chi connectivity index (χ1v) is 8.06. The number of carboxylic acids is 1. The van der Waals surface area contributed by atoms with Gasteiger partial charge in [0.1, 0.15) is 5.82 Å². The molecule has 0 aliphatic carbocycles. The number of rotatable bonds is 6. The average molecular weight is 322 g/mol. The zero-order valence-electron chi connectivity index (χ0n) is 13.1. The van der Waals surface area contributed by atoms with Gasteiger partial charge in [-0.2, -0.15) is 0 Å². The van der Waals surface area contributed by atoms with Gasteiger partial charge < -0.3 is 15.3 Å². The van der Waals surface area contributed by atoms with Crippen molar-refractivity contribution in [1.29, 1.82) is 0 Å². The summed E-state index contributed by atoms with van der Waals surface area (Å²) in [5, 5.41) is 11.8. The Kier molecular flexibility index (Phi) is 6.52. The molecule has 1 aromatic rings. The molecule has 2 N–H and O–H groups in total. The molecule has 0 bridgehead atoms. The van der Waals surface area contributed by atoms with Crippen molar-refractivity contribution >= 4 is 11.9 Å². The smallest absolute Gasteiger partial charge is 0.330 e. The summed E-state index contributed by atoms with van der Waals surface area (Å²) in [6.45, 7) is 2.63. The summed E-state index contributed by atoms with van der Waals surface area (Å²) in [5.74, 6) is -1.89. The molecule has 0 spiro atoms. The minimum Gasteiger partial charge on any atom is -0.479 e. The summed E-state index contributed by atoms with van der Waals surface area (Å²) in [7, 11) is 0. The fraction of sp³-hybridized carbons (Fsp3) is 0.529. The van der Waals surface area contributed by atoms with E-state index in [4.69, 9.17) is 0 Å². The second-order valence-corrected chi connectivity index (χ2v) is 5.90. The molecule has 23 heavy (non-hydrogen) atoms. The summed E-state index contributed by atoms with van der Waals surface area (Å²) in [6.07, 6.45) is 5.03. The molecular formula is C17H23FN2O3. The predicted molar refractivity (Wildman–Crippen MR) is 84.4 cm³/mol. The number of hydrogen-bond acceptors (Lipinski definition) is 3. The number of carboxylic acid groups (broad SMARTS) is 1. The van der Waals surface area contributed by atoms with Crippen LogP contribution in [0.4, 0.5) is 4.39 Å². The van der Waals surface area contributed by atoms with Crippen LogP contribution in [0.1, 0.15) is 43.7 Å². The largest absolute Gasteiger partial charge is 0.479 e. The lowest BCUT2D eigenvalue weighted by atomic mass is 10.1. The molecule has 2 rings (SSSR count). The van der Waals surface area contributed by atoms with Crippen LogP contribution in [0.25, 0.3) is 0 Å². The number of likely N-dealkylation sites (tertiary alicyclic amines) is 1. The number of aliphatic carboxylic acids is 1. The van der Waals surface area contributed by atoms with Crippen molar-refractivity contribution < 1.29 is 19.1 Å². The fourth-order valence-corrected chi connectivity index (χ4v) is 2.80. The molecule has 1 aromatic carbocycles. The lowest BCUT2D eigenvalue weighted by Crippen LogP contribution is -2.36. The van der Waals surface area contributed by atoms with Gasteiger partial charge >= 0.3 is 5.97 Å². The van der Waals surface area contributed by atoms with Crippen LogP contribution in [-0.2, 0) is 9.59 Å². The van der Waals surface area contributed by atoms with Crippen molar-refractivity contribution in [2.45, 2.75) is 38.1 Å². The van der Waals surface area contributed by atoms with E-state index in [0.29, 0.717) is 12.1 Å². The molecule has 1 unspecified atom stereocenters. The van der Waals surface area contributed by atoms with Gasteiger partial charge in [-0.05, 0) is 43.6 Å². The van der Waals surface area contributed by atoms with Gasteiger partial charge in [0.25, 0.3) is 0 Å². The maximum atomic E-state index is 12.9. The van der Waals surface area contributed by atoms with Crippen LogP contribution >= 0.6 is 0 Å². The Hall–Kier alpha value is -1.95. The molecule has 0 radical (unpaired) electrons. The van der Waals surface area contributed by atoms with Crippen LogP contribution in [0.15, 0.2) is 24.3 Å². The lowest BCUT2D eigenvalue weighted by Gasteiger charge is -2.20. The highest BCUT2D eigenvalue weighted by Gasteiger charge is 2.22. The zero-order chi connectivity index (χ0) is 16.7. The van der Waals surface area contributed by atoms with Crippen molar-refractivity contribution in [1.82, 2.24) is 10.2 Å². The van der Waals surface area contributed by atoms with E-state index < -0.39 is 17.8 Å². The van der Waals surface area contributed by atoms with Crippen LogP contribution in [-0.4, -0.2) is 41.5 Å². The van der Waals surface area contributed by atoms with Crippen LogP contribution in [0, 0.1) is 5.82 Å².